The molecule has 1 aromatic rings. The normalized spacial score (nSPS) is 35.4. The van der Waals surface area contributed by atoms with Crippen molar-refractivity contribution in [1.29, 1.82) is 0 Å². The monoisotopic (exact) mass is 269 g/mol. The van der Waals surface area contributed by atoms with E-state index in [0.717, 1.165) is 6.07 Å². The van der Waals surface area contributed by atoms with Crippen LogP contribution in [0.1, 0.15) is 18.4 Å². The second kappa shape index (κ2) is 4.51. The number of benzene rings is 1. The minimum Gasteiger partial charge on any atom is -0.385 e. The summed E-state index contributed by atoms with van der Waals surface area (Å²) in [6.07, 6.45) is 0.723. The second-order valence-corrected chi connectivity index (χ2v) is 5.55. The van der Waals surface area contributed by atoms with Crippen LogP contribution in [0.3, 0.4) is 0 Å². The number of aliphatic hydroxyl groups is 1. The van der Waals surface area contributed by atoms with E-state index < -0.39 is 17.2 Å². The van der Waals surface area contributed by atoms with Gasteiger partial charge in [-0.05, 0) is 26.0 Å². The van der Waals surface area contributed by atoms with Gasteiger partial charge < -0.3 is 9.84 Å². The molecule has 0 aromatic heterocycles. The van der Waals surface area contributed by atoms with Crippen LogP contribution in [-0.4, -0.2) is 42.4 Å². The first kappa shape index (κ1) is 13.0. The number of piperidine rings is 1. The van der Waals surface area contributed by atoms with Crippen molar-refractivity contribution in [2.75, 3.05) is 20.3 Å². The van der Waals surface area contributed by atoms with Crippen LogP contribution < -0.4 is 0 Å². The second-order valence-electron chi connectivity index (χ2n) is 5.55. The van der Waals surface area contributed by atoms with Crippen LogP contribution in [0, 0.1) is 11.6 Å². The zero-order chi connectivity index (χ0) is 13.6. The van der Waals surface area contributed by atoms with E-state index in [-0.39, 0.29) is 17.6 Å². The average molecular weight is 269 g/mol. The molecule has 5 heteroatoms. The lowest BCUT2D eigenvalue weighted by atomic mass is 9.77. The van der Waals surface area contributed by atoms with Gasteiger partial charge in [-0.3, -0.25) is 4.90 Å². The van der Waals surface area contributed by atoms with Crippen LogP contribution in [0.25, 0.3) is 0 Å². The SMILES string of the molecule is CN1C2COCC1CC(O)(c1cccc(F)c1F)C2. The zero-order valence-corrected chi connectivity index (χ0v) is 10.8. The van der Waals surface area contributed by atoms with Gasteiger partial charge in [-0.2, -0.15) is 0 Å². The Balaban J connectivity index is 1.97. The Morgan fingerprint density at radius 2 is 1.89 bits per heavy atom. The number of hydrogen-bond donors (Lipinski definition) is 1. The van der Waals surface area contributed by atoms with Crippen molar-refractivity contribution >= 4 is 0 Å². The molecule has 104 valence electrons. The summed E-state index contributed by atoms with van der Waals surface area (Å²) in [5.74, 6) is -1.85. The lowest BCUT2D eigenvalue weighted by molar-refractivity contribution is -0.138. The van der Waals surface area contributed by atoms with Crippen molar-refractivity contribution < 1.29 is 18.6 Å². The summed E-state index contributed by atoms with van der Waals surface area (Å²) >= 11 is 0. The van der Waals surface area contributed by atoms with Crippen LogP contribution in [-0.2, 0) is 10.3 Å². The molecule has 3 nitrogen and oxygen atoms in total. The fourth-order valence-electron chi connectivity index (χ4n) is 3.23. The lowest BCUT2D eigenvalue weighted by Gasteiger charge is -2.50. The van der Waals surface area contributed by atoms with Crippen LogP contribution in [0.2, 0.25) is 0 Å². The highest BCUT2D eigenvalue weighted by Crippen LogP contribution is 2.41. The molecule has 0 amide bonds. The molecule has 2 heterocycles. The Hall–Kier alpha value is -1.04. The first-order valence-electron chi connectivity index (χ1n) is 6.48. The molecule has 0 radical (unpaired) electrons. The Kier molecular flexibility index (Phi) is 3.08. The topological polar surface area (TPSA) is 32.7 Å². The number of rotatable bonds is 1. The van der Waals surface area contributed by atoms with Gasteiger partial charge in [0, 0.05) is 17.6 Å². The van der Waals surface area contributed by atoms with E-state index in [2.05, 4.69) is 4.90 Å². The van der Waals surface area contributed by atoms with E-state index in [9.17, 15) is 13.9 Å². The Labute approximate surface area is 110 Å². The lowest BCUT2D eigenvalue weighted by Crippen LogP contribution is -2.59. The molecule has 1 N–H and O–H groups in total. The molecule has 2 aliphatic heterocycles. The predicted octanol–water partition coefficient (Wildman–Crippen LogP) is 1.65. The third-order valence-corrected chi connectivity index (χ3v) is 4.37. The van der Waals surface area contributed by atoms with Crippen molar-refractivity contribution in [3.63, 3.8) is 0 Å². The van der Waals surface area contributed by atoms with Crippen molar-refractivity contribution in [1.82, 2.24) is 4.90 Å². The van der Waals surface area contributed by atoms with Crippen molar-refractivity contribution in [2.45, 2.75) is 30.5 Å². The van der Waals surface area contributed by atoms with Crippen molar-refractivity contribution in [3.8, 4) is 0 Å². The predicted molar refractivity (Wildman–Crippen MR) is 65.6 cm³/mol. The number of morpholine rings is 1. The van der Waals surface area contributed by atoms with Crippen LogP contribution in [0.15, 0.2) is 18.2 Å². The van der Waals surface area contributed by atoms with E-state index in [4.69, 9.17) is 4.74 Å². The molecular weight excluding hydrogens is 252 g/mol. The molecule has 19 heavy (non-hydrogen) atoms. The van der Waals surface area contributed by atoms with Crippen LogP contribution >= 0.6 is 0 Å². The average Bonchev–Trinajstić information content (AvgIpc) is 2.35. The number of fused-ring (bicyclic) bond motifs is 2. The number of likely N-dealkylation sites (N-methyl/N-ethyl adjacent to an activating group) is 1. The van der Waals surface area contributed by atoms with Crippen molar-refractivity contribution in [3.05, 3.63) is 35.4 Å². The number of halogens is 2. The van der Waals surface area contributed by atoms with E-state index >= 15 is 0 Å². The first-order valence-corrected chi connectivity index (χ1v) is 6.48. The van der Waals surface area contributed by atoms with Gasteiger partial charge in [0.1, 0.15) is 0 Å². The Bertz CT molecular complexity index is 480. The highest BCUT2D eigenvalue weighted by atomic mass is 19.2. The molecule has 0 saturated carbocycles. The third kappa shape index (κ3) is 2.06. The molecule has 2 bridgehead atoms. The minimum absolute atomic E-state index is 0.0418. The summed E-state index contributed by atoms with van der Waals surface area (Å²) in [6.45, 7) is 1.04. The fourth-order valence-corrected chi connectivity index (χ4v) is 3.23. The molecule has 2 atom stereocenters. The van der Waals surface area contributed by atoms with Gasteiger partial charge in [0.2, 0.25) is 0 Å². The molecule has 2 aliphatic rings. The van der Waals surface area contributed by atoms with Gasteiger partial charge in [-0.15, -0.1) is 0 Å². The van der Waals surface area contributed by atoms with Crippen molar-refractivity contribution in [2.24, 2.45) is 0 Å². The largest absolute Gasteiger partial charge is 0.385 e. The molecule has 0 aliphatic carbocycles. The summed E-state index contributed by atoms with van der Waals surface area (Å²) in [5.41, 5.74) is -1.24. The molecule has 3 rings (SSSR count). The van der Waals surface area contributed by atoms with Crippen LogP contribution in [0.5, 0.6) is 0 Å². The van der Waals surface area contributed by atoms with Gasteiger partial charge in [-0.1, -0.05) is 12.1 Å². The summed E-state index contributed by atoms with van der Waals surface area (Å²) in [5, 5.41) is 10.8. The maximum absolute atomic E-state index is 13.9. The number of ether oxygens (including phenoxy) is 1. The Morgan fingerprint density at radius 3 is 2.53 bits per heavy atom. The molecule has 0 spiro atoms. The zero-order valence-electron chi connectivity index (χ0n) is 10.8. The third-order valence-electron chi connectivity index (χ3n) is 4.37. The maximum Gasteiger partial charge on any atom is 0.164 e. The van der Waals surface area contributed by atoms with E-state index in [1.807, 2.05) is 7.05 Å². The number of hydrogen-bond acceptors (Lipinski definition) is 3. The summed E-state index contributed by atoms with van der Waals surface area (Å²) in [4.78, 5) is 2.16. The molecule has 1 aromatic carbocycles. The van der Waals surface area contributed by atoms with Gasteiger partial charge in [0.15, 0.2) is 11.6 Å². The molecule has 2 saturated heterocycles. The highest BCUT2D eigenvalue weighted by molar-refractivity contribution is 5.27. The van der Waals surface area contributed by atoms with Crippen LogP contribution in [0.4, 0.5) is 8.78 Å². The maximum atomic E-state index is 13.9. The molecule has 2 fully saturated rings. The quantitative estimate of drug-likeness (QED) is 0.841. The first-order chi connectivity index (χ1) is 9.01. The van der Waals surface area contributed by atoms with Gasteiger partial charge in [0.05, 0.1) is 18.8 Å². The van der Waals surface area contributed by atoms with E-state index in [1.54, 1.807) is 0 Å². The minimum atomic E-state index is -1.31. The molecule has 2 unspecified atom stereocenters. The van der Waals surface area contributed by atoms with E-state index in [1.165, 1.54) is 12.1 Å². The standard InChI is InChI=1S/C14H17F2NO2/c1-17-9-5-14(18,6-10(17)8-19-7-9)11-3-2-4-12(15)13(11)16/h2-4,9-10,18H,5-8H2,1H3. The fraction of sp³-hybridized carbons (Fsp3) is 0.571. The van der Waals surface area contributed by atoms with Gasteiger partial charge >= 0.3 is 0 Å². The Morgan fingerprint density at radius 1 is 1.26 bits per heavy atom. The summed E-state index contributed by atoms with van der Waals surface area (Å²) in [7, 11) is 1.99. The number of nitrogens with zero attached hydrogens (tertiary/aromatic N) is 1. The van der Waals surface area contributed by atoms with Gasteiger partial charge in [0.25, 0.3) is 0 Å². The summed E-state index contributed by atoms with van der Waals surface area (Å²) < 4.78 is 32.7. The van der Waals surface area contributed by atoms with E-state index in [0.29, 0.717) is 26.1 Å². The highest BCUT2D eigenvalue weighted by Gasteiger charge is 2.46. The summed E-state index contributed by atoms with van der Waals surface area (Å²) in [6, 6.07) is 4.07. The van der Waals surface area contributed by atoms with Gasteiger partial charge in [-0.25, -0.2) is 8.78 Å². The smallest absolute Gasteiger partial charge is 0.164 e. The molecular formula is C14H17F2NO2.